The summed E-state index contributed by atoms with van der Waals surface area (Å²) in [6.07, 6.45) is 0.0419. The lowest BCUT2D eigenvalue weighted by Crippen LogP contribution is -2.27. The van der Waals surface area contributed by atoms with Crippen LogP contribution in [0.25, 0.3) is 16.6 Å². The fraction of sp³-hybridized carbons (Fsp3) is 0.143. The molecule has 0 unspecified atom stereocenters. The van der Waals surface area contributed by atoms with Gasteiger partial charge in [-0.2, -0.15) is 0 Å². The van der Waals surface area contributed by atoms with E-state index in [9.17, 15) is 24.3 Å². The highest BCUT2D eigenvalue weighted by atomic mass is 35.5. The van der Waals surface area contributed by atoms with E-state index < -0.39 is 17.4 Å². The molecule has 0 saturated heterocycles. The van der Waals surface area contributed by atoms with Crippen molar-refractivity contribution in [2.24, 2.45) is 0 Å². The number of nitrogens with one attached hydrogen (secondary N) is 1. The summed E-state index contributed by atoms with van der Waals surface area (Å²) in [5.74, 6) is -2.03. The molecule has 0 atom stereocenters. The van der Waals surface area contributed by atoms with E-state index in [1.165, 1.54) is 11.5 Å². The van der Waals surface area contributed by atoms with Gasteiger partial charge in [0, 0.05) is 40.6 Å². The molecule has 8 nitrogen and oxygen atoms in total. The minimum atomic E-state index is -1.25. The quantitative estimate of drug-likeness (QED) is 0.266. The van der Waals surface area contributed by atoms with Gasteiger partial charge in [0.05, 0.1) is 12.1 Å². The number of rotatable bonds is 8. The van der Waals surface area contributed by atoms with Gasteiger partial charge in [-0.15, -0.1) is 0 Å². The van der Waals surface area contributed by atoms with E-state index in [1.54, 1.807) is 66.7 Å². The SMILES string of the molecule is CC(=O)OCCNC(=O)c1ccc(Cc2c(C(=O)O)n(-c3ccccc3)c3cc(Cl)ccc3c2=O)cc1. The Bertz CT molecular complexity index is 1550. The minimum absolute atomic E-state index is 0.0419. The average Bonchev–Trinajstić information content (AvgIpc) is 2.88. The van der Waals surface area contributed by atoms with Gasteiger partial charge in [0.25, 0.3) is 5.91 Å². The molecule has 188 valence electrons. The van der Waals surface area contributed by atoms with Crippen LogP contribution in [0.2, 0.25) is 5.02 Å². The Labute approximate surface area is 217 Å². The van der Waals surface area contributed by atoms with Crippen molar-refractivity contribution in [3.05, 3.63) is 110 Å². The maximum absolute atomic E-state index is 13.5. The third-order valence-corrected chi connectivity index (χ3v) is 5.97. The van der Waals surface area contributed by atoms with Crippen LogP contribution in [-0.4, -0.2) is 40.7 Å². The summed E-state index contributed by atoms with van der Waals surface area (Å²) in [7, 11) is 0. The van der Waals surface area contributed by atoms with Crippen LogP contribution in [0.4, 0.5) is 0 Å². The van der Waals surface area contributed by atoms with Crippen LogP contribution in [0.15, 0.2) is 77.6 Å². The number of para-hydroxylation sites is 1. The Morgan fingerprint density at radius 1 is 1.00 bits per heavy atom. The van der Waals surface area contributed by atoms with Gasteiger partial charge in [-0.1, -0.05) is 41.9 Å². The summed E-state index contributed by atoms with van der Waals surface area (Å²) in [4.78, 5) is 49.2. The topological polar surface area (TPSA) is 115 Å². The van der Waals surface area contributed by atoms with Crippen LogP contribution in [0.3, 0.4) is 0 Å². The lowest BCUT2D eigenvalue weighted by Gasteiger charge is -2.19. The van der Waals surface area contributed by atoms with E-state index in [0.717, 1.165) is 0 Å². The molecule has 1 aromatic heterocycles. The molecule has 9 heteroatoms. The van der Waals surface area contributed by atoms with Crippen molar-refractivity contribution in [1.29, 1.82) is 0 Å². The van der Waals surface area contributed by atoms with Gasteiger partial charge in [0.2, 0.25) is 0 Å². The van der Waals surface area contributed by atoms with Gasteiger partial charge in [-0.25, -0.2) is 4.79 Å². The van der Waals surface area contributed by atoms with Crippen molar-refractivity contribution < 1.29 is 24.2 Å². The van der Waals surface area contributed by atoms with E-state index in [0.29, 0.717) is 32.7 Å². The van der Waals surface area contributed by atoms with Crippen molar-refractivity contribution in [3.8, 4) is 5.69 Å². The molecule has 0 aliphatic heterocycles. The minimum Gasteiger partial charge on any atom is -0.477 e. The van der Waals surface area contributed by atoms with Crippen molar-refractivity contribution in [2.75, 3.05) is 13.2 Å². The summed E-state index contributed by atoms with van der Waals surface area (Å²) in [5, 5.41) is 13.6. The normalized spacial score (nSPS) is 10.8. The number of carbonyl (C=O) groups excluding carboxylic acids is 2. The highest BCUT2D eigenvalue weighted by Gasteiger charge is 2.23. The summed E-state index contributed by atoms with van der Waals surface area (Å²) in [5.41, 5.74) is 1.57. The zero-order valence-electron chi connectivity index (χ0n) is 19.9. The zero-order valence-corrected chi connectivity index (χ0v) is 20.6. The number of ether oxygens (including phenoxy) is 1. The zero-order chi connectivity index (χ0) is 26.5. The number of halogens is 1. The van der Waals surface area contributed by atoms with Gasteiger partial charge in [0.1, 0.15) is 12.3 Å². The highest BCUT2D eigenvalue weighted by molar-refractivity contribution is 6.31. The second-order valence-electron chi connectivity index (χ2n) is 8.26. The van der Waals surface area contributed by atoms with Gasteiger partial charge < -0.3 is 19.7 Å². The van der Waals surface area contributed by atoms with Crippen molar-refractivity contribution in [3.63, 3.8) is 0 Å². The molecule has 0 saturated carbocycles. The second-order valence-corrected chi connectivity index (χ2v) is 8.70. The Kier molecular flexibility index (Phi) is 7.69. The van der Waals surface area contributed by atoms with E-state index in [1.807, 2.05) is 6.07 Å². The molecule has 0 bridgehead atoms. The molecular formula is C28H23ClN2O6. The molecule has 4 rings (SSSR count). The Morgan fingerprint density at radius 2 is 1.70 bits per heavy atom. The van der Waals surface area contributed by atoms with Crippen molar-refractivity contribution in [2.45, 2.75) is 13.3 Å². The molecular weight excluding hydrogens is 496 g/mol. The van der Waals surface area contributed by atoms with Gasteiger partial charge in [-0.05, 0) is 48.0 Å². The first-order valence-corrected chi connectivity index (χ1v) is 11.8. The maximum Gasteiger partial charge on any atom is 0.353 e. The van der Waals surface area contributed by atoms with Crippen molar-refractivity contribution >= 4 is 40.3 Å². The van der Waals surface area contributed by atoms with E-state index in [2.05, 4.69) is 5.32 Å². The lowest BCUT2D eigenvalue weighted by molar-refractivity contribution is -0.140. The molecule has 1 heterocycles. The first kappa shape index (κ1) is 25.7. The summed E-state index contributed by atoms with van der Waals surface area (Å²) in [6, 6.07) is 20.2. The number of fused-ring (bicyclic) bond motifs is 1. The second kappa shape index (κ2) is 11.1. The van der Waals surface area contributed by atoms with Crippen LogP contribution in [0.5, 0.6) is 0 Å². The number of aromatic carboxylic acids is 1. The maximum atomic E-state index is 13.5. The van der Waals surface area contributed by atoms with Gasteiger partial charge in [0.15, 0.2) is 5.43 Å². The molecule has 0 spiro atoms. The number of benzene rings is 3. The number of hydrogen-bond donors (Lipinski definition) is 2. The number of carbonyl (C=O) groups is 3. The molecule has 3 aromatic carbocycles. The highest BCUT2D eigenvalue weighted by Crippen LogP contribution is 2.26. The monoisotopic (exact) mass is 518 g/mol. The molecule has 37 heavy (non-hydrogen) atoms. The number of nitrogens with zero attached hydrogens (tertiary/aromatic N) is 1. The Hall–Kier alpha value is -4.43. The van der Waals surface area contributed by atoms with Crippen LogP contribution < -0.4 is 10.7 Å². The molecule has 0 aliphatic carbocycles. The number of pyridine rings is 1. The van der Waals surface area contributed by atoms with Crippen LogP contribution >= 0.6 is 11.6 Å². The van der Waals surface area contributed by atoms with Crippen LogP contribution in [0, 0.1) is 0 Å². The number of carboxylic acids is 1. The van der Waals surface area contributed by atoms with E-state index in [-0.39, 0.29) is 36.7 Å². The number of carboxylic acid groups (broad SMARTS) is 1. The number of aromatic nitrogens is 1. The fourth-order valence-corrected chi connectivity index (χ4v) is 4.25. The van der Waals surface area contributed by atoms with E-state index >= 15 is 0 Å². The van der Waals surface area contributed by atoms with Crippen LogP contribution in [0.1, 0.15) is 38.9 Å². The van der Waals surface area contributed by atoms with Crippen molar-refractivity contribution in [1.82, 2.24) is 9.88 Å². The summed E-state index contributed by atoms with van der Waals surface area (Å²) in [6.45, 7) is 1.52. The largest absolute Gasteiger partial charge is 0.477 e. The Balaban J connectivity index is 1.73. The molecule has 1 amide bonds. The molecule has 0 radical (unpaired) electrons. The van der Waals surface area contributed by atoms with Crippen LogP contribution in [-0.2, 0) is 16.0 Å². The van der Waals surface area contributed by atoms with E-state index in [4.69, 9.17) is 16.3 Å². The lowest BCUT2D eigenvalue weighted by atomic mass is 9.98. The summed E-state index contributed by atoms with van der Waals surface area (Å²) < 4.78 is 6.33. The van der Waals surface area contributed by atoms with Gasteiger partial charge >= 0.3 is 11.9 Å². The third kappa shape index (κ3) is 5.70. The number of amides is 1. The Morgan fingerprint density at radius 3 is 2.35 bits per heavy atom. The number of hydrogen-bond acceptors (Lipinski definition) is 5. The third-order valence-electron chi connectivity index (χ3n) is 5.74. The predicted molar refractivity (Wildman–Crippen MR) is 140 cm³/mol. The molecule has 2 N–H and O–H groups in total. The fourth-order valence-electron chi connectivity index (χ4n) is 4.08. The summed E-state index contributed by atoms with van der Waals surface area (Å²) >= 11 is 6.21. The smallest absolute Gasteiger partial charge is 0.353 e. The molecule has 0 fully saturated rings. The average molecular weight is 519 g/mol. The first-order valence-electron chi connectivity index (χ1n) is 11.4. The predicted octanol–water partition coefficient (Wildman–Crippen LogP) is 4.23. The first-order chi connectivity index (χ1) is 17.8. The molecule has 4 aromatic rings. The number of esters is 1. The molecule has 0 aliphatic rings. The standard InChI is InChI=1S/C28H23ClN2O6/c1-17(32)37-14-13-30-27(34)19-9-7-18(8-10-19)15-23-25(28(35)36)31(21-5-3-2-4-6-21)24-16-20(29)11-12-22(24)26(23)33/h2-12,16H,13-15H2,1H3,(H,30,34)(H,35,36). The van der Waals surface area contributed by atoms with Gasteiger partial charge in [-0.3, -0.25) is 14.4 Å².